The normalized spacial score (nSPS) is 25.0. The fourth-order valence-electron chi connectivity index (χ4n) is 4.27. The first-order chi connectivity index (χ1) is 11.6. The quantitative estimate of drug-likeness (QED) is 0.825. The second-order valence-electron chi connectivity index (χ2n) is 7.33. The zero-order valence-electron chi connectivity index (χ0n) is 14.5. The first-order valence-electron chi connectivity index (χ1n) is 8.90. The van der Waals surface area contributed by atoms with E-state index in [0.717, 1.165) is 32.6 Å². The van der Waals surface area contributed by atoms with Crippen LogP contribution in [0.2, 0.25) is 0 Å². The van der Waals surface area contributed by atoms with Crippen molar-refractivity contribution < 1.29 is 4.39 Å². The highest BCUT2D eigenvalue weighted by atomic mass is 19.1. The van der Waals surface area contributed by atoms with Crippen LogP contribution in [0.25, 0.3) is 0 Å². The largest absolute Gasteiger partial charge is 0.304 e. The van der Waals surface area contributed by atoms with Crippen molar-refractivity contribution in [3.63, 3.8) is 0 Å². The van der Waals surface area contributed by atoms with Gasteiger partial charge < -0.3 is 4.90 Å². The highest BCUT2D eigenvalue weighted by Crippen LogP contribution is 2.47. The topological polar surface area (TPSA) is 6.48 Å². The molecular formula is C21H25FN2. The zero-order valence-corrected chi connectivity index (χ0v) is 14.5. The Labute approximate surface area is 143 Å². The summed E-state index contributed by atoms with van der Waals surface area (Å²) in [7, 11) is 2.20. The lowest BCUT2D eigenvalue weighted by molar-refractivity contribution is 0.110. The number of rotatable bonds is 2. The molecular weight excluding hydrogens is 299 g/mol. The van der Waals surface area contributed by atoms with E-state index in [1.54, 1.807) is 12.1 Å². The van der Waals surface area contributed by atoms with Crippen LogP contribution >= 0.6 is 0 Å². The van der Waals surface area contributed by atoms with Crippen molar-refractivity contribution in [3.8, 4) is 0 Å². The lowest BCUT2D eigenvalue weighted by atomic mass is 9.92. The molecule has 4 rings (SSSR count). The maximum atomic E-state index is 13.3. The molecule has 0 aromatic heterocycles. The SMILES string of the molecule is Cc1ccc2c(c1)[C@@H](N1CCN(C)CC1)C[C@@H]2c1ccc(F)cc1. The Morgan fingerprint density at radius 1 is 0.917 bits per heavy atom. The van der Waals surface area contributed by atoms with Gasteiger partial charge in [0.15, 0.2) is 0 Å². The molecule has 1 aliphatic heterocycles. The van der Waals surface area contributed by atoms with Gasteiger partial charge in [-0.25, -0.2) is 4.39 Å². The fraction of sp³-hybridized carbons (Fsp3) is 0.429. The Balaban J connectivity index is 1.68. The molecule has 2 aromatic carbocycles. The number of piperazine rings is 1. The molecule has 1 fully saturated rings. The van der Waals surface area contributed by atoms with Gasteiger partial charge >= 0.3 is 0 Å². The Morgan fingerprint density at radius 3 is 2.33 bits per heavy atom. The van der Waals surface area contributed by atoms with Crippen molar-refractivity contribution in [1.82, 2.24) is 9.80 Å². The maximum Gasteiger partial charge on any atom is 0.123 e. The molecule has 2 nitrogen and oxygen atoms in total. The van der Waals surface area contributed by atoms with Crippen molar-refractivity contribution >= 4 is 0 Å². The molecule has 0 saturated carbocycles. The van der Waals surface area contributed by atoms with E-state index in [2.05, 4.69) is 42.0 Å². The smallest absolute Gasteiger partial charge is 0.123 e. The molecule has 0 unspecified atom stereocenters. The maximum absolute atomic E-state index is 13.3. The van der Waals surface area contributed by atoms with E-state index in [4.69, 9.17) is 0 Å². The molecule has 0 spiro atoms. The number of hydrogen-bond donors (Lipinski definition) is 0. The number of hydrogen-bond acceptors (Lipinski definition) is 2. The minimum absolute atomic E-state index is 0.156. The molecule has 3 heteroatoms. The van der Waals surface area contributed by atoms with E-state index < -0.39 is 0 Å². The van der Waals surface area contributed by atoms with Crippen LogP contribution in [0, 0.1) is 12.7 Å². The van der Waals surface area contributed by atoms with Crippen molar-refractivity contribution in [3.05, 3.63) is 70.5 Å². The number of halogens is 1. The molecule has 0 N–H and O–H groups in total. The van der Waals surface area contributed by atoms with Gasteiger partial charge in [-0.05, 0) is 49.2 Å². The van der Waals surface area contributed by atoms with Gasteiger partial charge in [-0.1, -0.05) is 35.9 Å². The Morgan fingerprint density at radius 2 is 1.62 bits per heavy atom. The van der Waals surface area contributed by atoms with Gasteiger partial charge in [-0.15, -0.1) is 0 Å². The predicted octanol–water partition coefficient (Wildman–Crippen LogP) is 3.96. The van der Waals surface area contributed by atoms with Crippen LogP contribution in [0.1, 0.15) is 40.6 Å². The predicted molar refractivity (Wildman–Crippen MR) is 95.9 cm³/mol. The summed E-state index contributed by atoms with van der Waals surface area (Å²) in [6.07, 6.45) is 1.11. The zero-order chi connectivity index (χ0) is 16.7. The second kappa shape index (κ2) is 6.30. The van der Waals surface area contributed by atoms with Gasteiger partial charge in [0, 0.05) is 38.1 Å². The molecule has 2 aromatic rings. The lowest BCUT2D eigenvalue weighted by Gasteiger charge is -2.37. The van der Waals surface area contributed by atoms with E-state index >= 15 is 0 Å². The van der Waals surface area contributed by atoms with Crippen LogP contribution in [0.15, 0.2) is 42.5 Å². The summed E-state index contributed by atoms with van der Waals surface area (Å²) in [6, 6.07) is 14.4. The van der Waals surface area contributed by atoms with E-state index in [-0.39, 0.29) is 5.82 Å². The average Bonchev–Trinajstić information content (AvgIpc) is 2.95. The summed E-state index contributed by atoms with van der Waals surface area (Å²) in [4.78, 5) is 5.04. The average molecular weight is 324 g/mol. The third kappa shape index (κ3) is 2.87. The number of nitrogens with zero attached hydrogens (tertiary/aromatic N) is 2. The molecule has 24 heavy (non-hydrogen) atoms. The molecule has 126 valence electrons. The summed E-state index contributed by atoms with van der Waals surface area (Å²) in [6.45, 7) is 6.71. The minimum Gasteiger partial charge on any atom is -0.304 e. The second-order valence-corrected chi connectivity index (χ2v) is 7.33. The Hall–Kier alpha value is -1.71. The Bertz CT molecular complexity index is 717. The summed E-state index contributed by atoms with van der Waals surface area (Å²) in [5.74, 6) is 0.224. The van der Waals surface area contributed by atoms with Crippen LogP contribution in [0.4, 0.5) is 4.39 Å². The van der Waals surface area contributed by atoms with E-state index in [1.807, 2.05) is 12.1 Å². The van der Waals surface area contributed by atoms with E-state index in [0.29, 0.717) is 12.0 Å². The third-order valence-corrected chi connectivity index (χ3v) is 5.69. The highest BCUT2D eigenvalue weighted by molar-refractivity contribution is 5.46. The van der Waals surface area contributed by atoms with Gasteiger partial charge in [0.1, 0.15) is 5.82 Å². The van der Waals surface area contributed by atoms with Gasteiger partial charge in [-0.2, -0.15) is 0 Å². The summed E-state index contributed by atoms with van der Waals surface area (Å²) in [5, 5.41) is 0. The number of likely N-dealkylation sites (N-methyl/N-ethyl adjacent to an activating group) is 1. The standard InChI is InChI=1S/C21H25FN2/c1-15-3-8-18-19(16-4-6-17(22)7-5-16)14-21(20(18)13-15)24-11-9-23(2)10-12-24/h3-8,13,19,21H,9-12,14H2,1-2H3/t19-,21+/m1/s1. The van der Waals surface area contributed by atoms with Crippen molar-refractivity contribution in [2.45, 2.75) is 25.3 Å². The van der Waals surface area contributed by atoms with Gasteiger partial charge in [0.25, 0.3) is 0 Å². The summed E-state index contributed by atoms with van der Waals surface area (Å²) >= 11 is 0. The van der Waals surface area contributed by atoms with Crippen LogP contribution in [0.5, 0.6) is 0 Å². The molecule has 1 heterocycles. The third-order valence-electron chi connectivity index (χ3n) is 5.69. The minimum atomic E-state index is -0.156. The summed E-state index contributed by atoms with van der Waals surface area (Å²) < 4.78 is 13.3. The van der Waals surface area contributed by atoms with Crippen molar-refractivity contribution in [1.29, 1.82) is 0 Å². The van der Waals surface area contributed by atoms with Crippen LogP contribution in [0.3, 0.4) is 0 Å². The van der Waals surface area contributed by atoms with Gasteiger partial charge in [0.2, 0.25) is 0 Å². The fourth-order valence-corrected chi connectivity index (χ4v) is 4.27. The van der Waals surface area contributed by atoms with Crippen LogP contribution in [-0.2, 0) is 0 Å². The lowest BCUT2D eigenvalue weighted by Crippen LogP contribution is -2.45. The Kier molecular flexibility index (Phi) is 4.15. The molecule has 1 saturated heterocycles. The van der Waals surface area contributed by atoms with Crippen molar-refractivity contribution in [2.24, 2.45) is 0 Å². The van der Waals surface area contributed by atoms with Crippen LogP contribution in [-0.4, -0.2) is 43.0 Å². The molecule has 2 aliphatic rings. The molecule has 0 bridgehead atoms. The monoisotopic (exact) mass is 324 g/mol. The first kappa shape index (κ1) is 15.8. The van der Waals surface area contributed by atoms with Gasteiger partial charge in [0.05, 0.1) is 0 Å². The highest BCUT2D eigenvalue weighted by Gasteiger charge is 2.36. The number of aryl methyl sites for hydroxylation is 1. The molecule has 1 aliphatic carbocycles. The van der Waals surface area contributed by atoms with E-state index in [9.17, 15) is 4.39 Å². The number of benzene rings is 2. The van der Waals surface area contributed by atoms with Gasteiger partial charge in [-0.3, -0.25) is 4.90 Å². The number of fused-ring (bicyclic) bond motifs is 1. The summed E-state index contributed by atoms with van der Waals surface area (Å²) in [5.41, 5.74) is 5.47. The molecule has 0 amide bonds. The molecule has 2 atom stereocenters. The van der Waals surface area contributed by atoms with Crippen molar-refractivity contribution in [2.75, 3.05) is 33.2 Å². The molecule has 0 radical (unpaired) electrons. The van der Waals surface area contributed by atoms with E-state index in [1.165, 1.54) is 22.3 Å². The van der Waals surface area contributed by atoms with Crippen LogP contribution < -0.4 is 0 Å². The first-order valence-corrected chi connectivity index (χ1v) is 8.90.